The molecule has 3 rings (SSSR count). The molecular weight excluding hydrogens is 316 g/mol. The number of benzene rings is 1. The summed E-state index contributed by atoms with van der Waals surface area (Å²) >= 11 is 8.21. The highest BCUT2D eigenvalue weighted by Gasteiger charge is 2.26. The van der Waals surface area contributed by atoms with Crippen molar-refractivity contribution in [3.63, 3.8) is 0 Å². The first-order valence-corrected chi connectivity index (χ1v) is 9.55. The third kappa shape index (κ3) is 3.61. The van der Waals surface area contributed by atoms with E-state index >= 15 is 0 Å². The van der Waals surface area contributed by atoms with Crippen molar-refractivity contribution in [2.75, 3.05) is 37.7 Å². The van der Waals surface area contributed by atoms with Gasteiger partial charge in [0.25, 0.3) is 5.91 Å². The maximum atomic E-state index is 12.7. The zero-order chi connectivity index (χ0) is 15.5. The lowest BCUT2D eigenvalue weighted by Gasteiger charge is -2.26. The average molecular weight is 339 g/mol. The van der Waals surface area contributed by atoms with Gasteiger partial charge in [-0.2, -0.15) is 11.8 Å². The van der Waals surface area contributed by atoms with Crippen LogP contribution < -0.4 is 0 Å². The summed E-state index contributed by atoms with van der Waals surface area (Å²) in [6, 6.07) is 6.33. The minimum Gasteiger partial charge on any atom is -0.337 e. The van der Waals surface area contributed by atoms with E-state index < -0.39 is 0 Å². The number of hydrogen-bond acceptors (Lipinski definition) is 3. The summed E-state index contributed by atoms with van der Waals surface area (Å²) in [6.07, 6.45) is 2.36. The molecule has 2 aliphatic rings. The summed E-state index contributed by atoms with van der Waals surface area (Å²) in [5.74, 6) is 2.65. The van der Waals surface area contributed by atoms with Crippen LogP contribution in [0.3, 0.4) is 0 Å². The Kier molecular flexibility index (Phi) is 5.32. The van der Waals surface area contributed by atoms with Gasteiger partial charge in [-0.15, -0.1) is 0 Å². The second-order valence-corrected chi connectivity index (χ2v) is 7.72. The lowest BCUT2D eigenvalue weighted by atomic mass is 10.1. The van der Waals surface area contributed by atoms with Gasteiger partial charge in [0.1, 0.15) is 0 Å². The Bertz CT molecular complexity index is 545. The van der Waals surface area contributed by atoms with Gasteiger partial charge in [-0.1, -0.05) is 17.7 Å². The monoisotopic (exact) mass is 338 g/mol. The predicted molar refractivity (Wildman–Crippen MR) is 94.0 cm³/mol. The average Bonchev–Trinajstić information content (AvgIpc) is 2.94. The summed E-state index contributed by atoms with van der Waals surface area (Å²) < 4.78 is 0. The molecule has 1 aromatic rings. The van der Waals surface area contributed by atoms with Gasteiger partial charge in [-0.3, -0.25) is 9.69 Å². The van der Waals surface area contributed by atoms with Crippen LogP contribution in [-0.4, -0.2) is 59.4 Å². The van der Waals surface area contributed by atoms with E-state index in [1.165, 1.54) is 17.9 Å². The van der Waals surface area contributed by atoms with Crippen molar-refractivity contribution >= 4 is 29.3 Å². The van der Waals surface area contributed by atoms with Crippen molar-refractivity contribution in [3.05, 3.63) is 34.3 Å². The van der Waals surface area contributed by atoms with Crippen molar-refractivity contribution in [2.24, 2.45) is 0 Å². The summed E-state index contributed by atoms with van der Waals surface area (Å²) in [6.45, 7) is 5.74. The molecule has 1 unspecified atom stereocenters. The summed E-state index contributed by atoms with van der Waals surface area (Å²) in [5, 5.41) is 0.672. The van der Waals surface area contributed by atoms with Crippen LogP contribution in [0.4, 0.5) is 0 Å². The number of nitrogens with zero attached hydrogens (tertiary/aromatic N) is 2. The molecule has 22 heavy (non-hydrogen) atoms. The minimum absolute atomic E-state index is 0.115. The Balaban J connectivity index is 1.64. The number of amides is 1. The van der Waals surface area contributed by atoms with E-state index in [0.29, 0.717) is 16.6 Å². The maximum Gasteiger partial charge on any atom is 0.253 e. The molecule has 3 nitrogen and oxygen atoms in total. The Morgan fingerprint density at radius 3 is 2.86 bits per heavy atom. The molecule has 120 valence electrons. The lowest BCUT2D eigenvalue weighted by Crippen LogP contribution is -2.39. The van der Waals surface area contributed by atoms with E-state index in [-0.39, 0.29) is 5.91 Å². The largest absolute Gasteiger partial charge is 0.337 e. The van der Waals surface area contributed by atoms with Gasteiger partial charge in [0.05, 0.1) is 0 Å². The first kappa shape index (κ1) is 16.2. The second kappa shape index (κ2) is 7.24. The molecule has 0 bridgehead atoms. The molecule has 0 aliphatic carbocycles. The van der Waals surface area contributed by atoms with Gasteiger partial charge in [-0.05, 0) is 43.2 Å². The lowest BCUT2D eigenvalue weighted by molar-refractivity contribution is 0.0759. The summed E-state index contributed by atoms with van der Waals surface area (Å²) in [4.78, 5) is 17.3. The van der Waals surface area contributed by atoms with Crippen molar-refractivity contribution in [1.29, 1.82) is 0 Å². The van der Waals surface area contributed by atoms with Gasteiger partial charge in [0.2, 0.25) is 0 Å². The van der Waals surface area contributed by atoms with Crippen LogP contribution in [0.2, 0.25) is 5.02 Å². The minimum atomic E-state index is 0.115. The molecule has 0 saturated carbocycles. The van der Waals surface area contributed by atoms with Crippen LogP contribution in [0.25, 0.3) is 0 Å². The molecule has 2 heterocycles. The van der Waals surface area contributed by atoms with E-state index in [0.717, 1.165) is 38.2 Å². The second-order valence-electron chi connectivity index (χ2n) is 6.16. The summed E-state index contributed by atoms with van der Waals surface area (Å²) in [5.41, 5.74) is 1.72. The van der Waals surface area contributed by atoms with E-state index in [2.05, 4.69) is 16.7 Å². The summed E-state index contributed by atoms with van der Waals surface area (Å²) in [7, 11) is 0. The third-order valence-electron chi connectivity index (χ3n) is 4.66. The normalized spacial score (nSPS) is 23.5. The van der Waals surface area contributed by atoms with E-state index in [4.69, 9.17) is 11.6 Å². The zero-order valence-electron chi connectivity index (χ0n) is 13.1. The highest BCUT2D eigenvalue weighted by atomic mass is 35.5. The molecule has 0 spiro atoms. The number of rotatable bonds is 2. The predicted octanol–water partition coefficient (Wildman–Crippen LogP) is 3.30. The van der Waals surface area contributed by atoms with E-state index in [1.54, 1.807) is 6.07 Å². The Hall–Kier alpha value is -0.710. The quantitative estimate of drug-likeness (QED) is 0.826. The van der Waals surface area contributed by atoms with E-state index in [9.17, 15) is 4.79 Å². The molecule has 2 saturated heterocycles. The van der Waals surface area contributed by atoms with Gasteiger partial charge in [-0.25, -0.2) is 0 Å². The van der Waals surface area contributed by atoms with Gasteiger partial charge >= 0.3 is 0 Å². The number of thioether (sulfide) groups is 1. The van der Waals surface area contributed by atoms with Crippen molar-refractivity contribution < 1.29 is 4.79 Å². The van der Waals surface area contributed by atoms with Crippen molar-refractivity contribution in [2.45, 2.75) is 25.8 Å². The Morgan fingerprint density at radius 2 is 2.14 bits per heavy atom. The first-order chi connectivity index (χ1) is 10.6. The number of carbonyl (C=O) groups is 1. The van der Waals surface area contributed by atoms with Crippen LogP contribution in [-0.2, 0) is 0 Å². The Morgan fingerprint density at radius 1 is 1.27 bits per heavy atom. The molecule has 5 heteroatoms. The number of hydrogen-bond donors (Lipinski definition) is 0. The standard InChI is InChI=1S/C17H23ClN2OS/c1-13-3-4-14(11-16(13)18)17(21)20-7-2-6-19(8-9-20)15-5-10-22-12-15/h3-4,11,15H,2,5-10,12H2,1H3. The van der Waals surface area contributed by atoms with Crippen LogP contribution in [0, 0.1) is 6.92 Å². The fourth-order valence-corrected chi connectivity index (χ4v) is 4.66. The fraction of sp³-hybridized carbons (Fsp3) is 0.588. The SMILES string of the molecule is Cc1ccc(C(=O)N2CCCN(C3CCSC3)CC2)cc1Cl. The number of carbonyl (C=O) groups excluding carboxylic acids is 1. The molecule has 1 atom stereocenters. The molecule has 0 radical (unpaired) electrons. The van der Waals surface area contributed by atoms with Crippen LogP contribution >= 0.6 is 23.4 Å². The highest BCUT2D eigenvalue weighted by molar-refractivity contribution is 7.99. The molecule has 1 amide bonds. The zero-order valence-corrected chi connectivity index (χ0v) is 14.6. The molecule has 1 aromatic carbocycles. The van der Waals surface area contributed by atoms with Gasteiger partial charge in [0, 0.05) is 48.6 Å². The molecule has 2 fully saturated rings. The molecular formula is C17H23ClN2OS. The first-order valence-electron chi connectivity index (χ1n) is 8.02. The van der Waals surface area contributed by atoms with Crippen LogP contribution in [0.15, 0.2) is 18.2 Å². The van der Waals surface area contributed by atoms with Crippen LogP contribution in [0.5, 0.6) is 0 Å². The van der Waals surface area contributed by atoms with Gasteiger partial charge < -0.3 is 4.90 Å². The van der Waals surface area contributed by atoms with Gasteiger partial charge in [0.15, 0.2) is 0 Å². The maximum absolute atomic E-state index is 12.7. The Labute approximate surface area is 142 Å². The van der Waals surface area contributed by atoms with E-state index in [1.807, 2.05) is 24.0 Å². The number of halogens is 1. The topological polar surface area (TPSA) is 23.6 Å². The fourth-order valence-electron chi connectivity index (χ4n) is 3.22. The smallest absolute Gasteiger partial charge is 0.253 e. The third-order valence-corrected chi connectivity index (χ3v) is 6.21. The number of aryl methyl sites for hydroxylation is 1. The molecule has 2 aliphatic heterocycles. The van der Waals surface area contributed by atoms with Crippen molar-refractivity contribution in [1.82, 2.24) is 9.80 Å². The van der Waals surface area contributed by atoms with Crippen molar-refractivity contribution in [3.8, 4) is 0 Å². The molecule has 0 aromatic heterocycles. The highest BCUT2D eigenvalue weighted by Crippen LogP contribution is 2.24. The molecule has 0 N–H and O–H groups in total. The van der Waals surface area contributed by atoms with Crippen LogP contribution in [0.1, 0.15) is 28.8 Å².